The molecule has 1 aromatic carbocycles. The highest BCUT2D eigenvalue weighted by molar-refractivity contribution is 8.03. The summed E-state index contributed by atoms with van der Waals surface area (Å²) in [7, 11) is 0. The van der Waals surface area contributed by atoms with Gasteiger partial charge in [-0.15, -0.1) is 10.2 Å². The molecule has 0 aliphatic rings. The highest BCUT2D eigenvalue weighted by atomic mass is 32.2. The first kappa shape index (κ1) is 15.3. The highest BCUT2D eigenvalue weighted by Crippen LogP contribution is 2.37. The molecule has 0 N–H and O–H groups in total. The smallest absolute Gasteiger partial charge is 0.258 e. The molecule has 0 bridgehead atoms. The molecule has 0 amide bonds. The van der Waals surface area contributed by atoms with Gasteiger partial charge in [-0.3, -0.25) is 10.1 Å². The first-order valence-electron chi connectivity index (χ1n) is 5.94. The fourth-order valence-electron chi connectivity index (χ4n) is 1.32. The zero-order chi connectivity index (χ0) is 14.5. The molecule has 0 saturated heterocycles. The second-order valence-corrected chi connectivity index (χ2v) is 7.90. The summed E-state index contributed by atoms with van der Waals surface area (Å²) in [5.41, 5.74) is 0.101. The number of benzene rings is 1. The SMILES string of the molecule is CC(C)CSc1nnc(Sc2ccccc2[N+](=O)[O-])s1. The monoisotopic (exact) mass is 327 g/mol. The molecule has 0 atom stereocenters. The minimum absolute atomic E-state index is 0.101. The Hall–Kier alpha value is -1.12. The topological polar surface area (TPSA) is 68.9 Å². The Bertz CT molecular complexity index is 601. The molecule has 106 valence electrons. The molecule has 0 spiro atoms. The van der Waals surface area contributed by atoms with Crippen molar-refractivity contribution in [1.29, 1.82) is 0 Å². The van der Waals surface area contributed by atoms with Gasteiger partial charge in [0.25, 0.3) is 5.69 Å². The molecule has 2 aromatic rings. The third-order valence-corrected chi connectivity index (χ3v) is 5.79. The molecule has 1 aromatic heterocycles. The van der Waals surface area contributed by atoms with Gasteiger partial charge in [-0.25, -0.2) is 0 Å². The quantitative estimate of drug-likeness (QED) is 0.446. The number of para-hydroxylation sites is 1. The third kappa shape index (κ3) is 4.19. The maximum absolute atomic E-state index is 11.0. The van der Waals surface area contributed by atoms with E-state index in [1.165, 1.54) is 29.2 Å². The zero-order valence-corrected chi connectivity index (χ0v) is 13.4. The molecule has 0 unspecified atom stereocenters. The van der Waals surface area contributed by atoms with Crippen molar-refractivity contribution in [2.24, 2.45) is 5.92 Å². The van der Waals surface area contributed by atoms with E-state index in [2.05, 4.69) is 24.0 Å². The van der Waals surface area contributed by atoms with Crippen LogP contribution >= 0.6 is 34.9 Å². The van der Waals surface area contributed by atoms with Gasteiger partial charge in [0.1, 0.15) is 0 Å². The molecular formula is C12H13N3O2S3. The fourth-order valence-corrected chi connectivity index (χ4v) is 4.38. The standard InChI is InChI=1S/C12H13N3O2S3/c1-8(2)7-18-11-13-14-12(20-11)19-10-6-4-3-5-9(10)15(16)17/h3-6,8H,7H2,1-2H3. The van der Waals surface area contributed by atoms with E-state index >= 15 is 0 Å². The highest BCUT2D eigenvalue weighted by Gasteiger charge is 2.16. The lowest BCUT2D eigenvalue weighted by Gasteiger charge is -1.99. The van der Waals surface area contributed by atoms with E-state index in [0.717, 1.165) is 14.4 Å². The Morgan fingerprint density at radius 1 is 1.30 bits per heavy atom. The average molecular weight is 327 g/mol. The first-order valence-corrected chi connectivity index (χ1v) is 8.55. The zero-order valence-electron chi connectivity index (χ0n) is 11.0. The van der Waals surface area contributed by atoms with E-state index in [4.69, 9.17) is 0 Å². The van der Waals surface area contributed by atoms with Gasteiger partial charge in [0.2, 0.25) is 0 Å². The molecule has 0 aliphatic heterocycles. The lowest BCUT2D eigenvalue weighted by Crippen LogP contribution is -1.89. The molecule has 0 radical (unpaired) electrons. The van der Waals surface area contributed by atoms with Gasteiger partial charge in [-0.2, -0.15) is 0 Å². The van der Waals surface area contributed by atoms with Crippen molar-refractivity contribution < 1.29 is 4.92 Å². The van der Waals surface area contributed by atoms with Crippen LogP contribution in [0.3, 0.4) is 0 Å². The summed E-state index contributed by atoms with van der Waals surface area (Å²) in [5.74, 6) is 1.58. The largest absolute Gasteiger partial charge is 0.283 e. The summed E-state index contributed by atoms with van der Waals surface area (Å²) >= 11 is 4.43. The summed E-state index contributed by atoms with van der Waals surface area (Å²) in [6.45, 7) is 4.30. The third-order valence-electron chi connectivity index (χ3n) is 2.19. The van der Waals surface area contributed by atoms with Crippen molar-refractivity contribution in [3.05, 3.63) is 34.4 Å². The van der Waals surface area contributed by atoms with Crippen LogP contribution in [-0.4, -0.2) is 20.9 Å². The summed E-state index contributed by atoms with van der Waals surface area (Å²) in [4.78, 5) is 11.2. The van der Waals surface area contributed by atoms with Crippen LogP contribution in [0.5, 0.6) is 0 Å². The summed E-state index contributed by atoms with van der Waals surface area (Å²) in [5, 5.41) is 19.1. The van der Waals surface area contributed by atoms with Crippen LogP contribution in [0.25, 0.3) is 0 Å². The molecule has 20 heavy (non-hydrogen) atoms. The second kappa shape index (κ2) is 7.05. The van der Waals surface area contributed by atoms with Crippen LogP contribution in [0, 0.1) is 16.0 Å². The Kier molecular flexibility index (Phi) is 5.38. The number of nitro benzene ring substituents is 1. The number of rotatable bonds is 6. The molecule has 1 heterocycles. The number of aromatic nitrogens is 2. The molecule has 0 fully saturated rings. The predicted molar refractivity (Wildman–Crippen MR) is 82.7 cm³/mol. The fraction of sp³-hybridized carbons (Fsp3) is 0.333. The predicted octanol–water partition coefficient (Wildman–Crippen LogP) is 4.35. The number of nitro groups is 1. The van der Waals surface area contributed by atoms with Crippen LogP contribution in [-0.2, 0) is 0 Å². The van der Waals surface area contributed by atoms with E-state index in [-0.39, 0.29) is 10.6 Å². The molecule has 0 aliphatic carbocycles. The van der Waals surface area contributed by atoms with E-state index in [0.29, 0.717) is 10.8 Å². The van der Waals surface area contributed by atoms with Gasteiger partial charge in [0, 0.05) is 11.8 Å². The summed E-state index contributed by atoms with van der Waals surface area (Å²) in [6.07, 6.45) is 0. The molecule has 2 rings (SSSR count). The lowest BCUT2D eigenvalue weighted by molar-refractivity contribution is -0.387. The van der Waals surface area contributed by atoms with Crippen LogP contribution in [0.1, 0.15) is 13.8 Å². The molecule has 0 saturated carbocycles. The van der Waals surface area contributed by atoms with Gasteiger partial charge >= 0.3 is 0 Å². The Morgan fingerprint density at radius 2 is 2.00 bits per heavy atom. The average Bonchev–Trinajstić information content (AvgIpc) is 2.84. The maximum atomic E-state index is 11.0. The van der Waals surface area contributed by atoms with Crippen molar-refractivity contribution in [2.75, 3.05) is 5.75 Å². The number of hydrogen-bond donors (Lipinski definition) is 0. The van der Waals surface area contributed by atoms with E-state index in [9.17, 15) is 10.1 Å². The molecular weight excluding hydrogens is 314 g/mol. The van der Waals surface area contributed by atoms with E-state index in [1.54, 1.807) is 30.0 Å². The number of thioether (sulfide) groups is 1. The maximum Gasteiger partial charge on any atom is 0.283 e. The Morgan fingerprint density at radius 3 is 2.70 bits per heavy atom. The van der Waals surface area contributed by atoms with Crippen molar-refractivity contribution in [3.63, 3.8) is 0 Å². The Balaban J connectivity index is 2.09. The van der Waals surface area contributed by atoms with Crippen LogP contribution in [0.2, 0.25) is 0 Å². The van der Waals surface area contributed by atoms with E-state index in [1.807, 2.05) is 0 Å². The lowest BCUT2D eigenvalue weighted by atomic mass is 10.3. The van der Waals surface area contributed by atoms with Crippen LogP contribution in [0.15, 0.2) is 37.8 Å². The van der Waals surface area contributed by atoms with Gasteiger partial charge in [-0.05, 0) is 12.0 Å². The van der Waals surface area contributed by atoms with Crippen molar-refractivity contribution in [3.8, 4) is 0 Å². The summed E-state index contributed by atoms with van der Waals surface area (Å²) in [6, 6.07) is 6.67. The summed E-state index contributed by atoms with van der Waals surface area (Å²) < 4.78 is 1.63. The van der Waals surface area contributed by atoms with Gasteiger partial charge in [-0.1, -0.05) is 60.8 Å². The number of nitrogens with zero attached hydrogens (tertiary/aromatic N) is 3. The van der Waals surface area contributed by atoms with Gasteiger partial charge in [0.15, 0.2) is 8.68 Å². The van der Waals surface area contributed by atoms with Crippen molar-refractivity contribution in [1.82, 2.24) is 10.2 Å². The second-order valence-electron chi connectivity index (χ2n) is 4.37. The van der Waals surface area contributed by atoms with Gasteiger partial charge < -0.3 is 0 Å². The molecule has 5 nitrogen and oxygen atoms in total. The Labute approximate surface area is 129 Å². The van der Waals surface area contributed by atoms with Crippen LogP contribution < -0.4 is 0 Å². The van der Waals surface area contributed by atoms with Crippen molar-refractivity contribution >= 4 is 40.5 Å². The first-order chi connectivity index (χ1) is 9.56. The van der Waals surface area contributed by atoms with Crippen molar-refractivity contribution in [2.45, 2.75) is 27.4 Å². The van der Waals surface area contributed by atoms with Crippen LogP contribution in [0.4, 0.5) is 5.69 Å². The molecule has 8 heteroatoms. The minimum atomic E-state index is -0.377. The van der Waals surface area contributed by atoms with Gasteiger partial charge in [0.05, 0.1) is 9.82 Å². The number of hydrogen-bond acceptors (Lipinski definition) is 7. The normalized spacial score (nSPS) is 10.9. The minimum Gasteiger partial charge on any atom is -0.258 e. The van der Waals surface area contributed by atoms with E-state index < -0.39 is 0 Å².